The fourth-order valence-corrected chi connectivity index (χ4v) is 3.87. The van der Waals surface area contributed by atoms with Gasteiger partial charge < -0.3 is 29.5 Å². The molecule has 1 unspecified atom stereocenters. The number of rotatable bonds is 6. The van der Waals surface area contributed by atoms with Crippen LogP contribution < -0.4 is 0 Å². The molecular formula is C21H32O8. The molecule has 1 fully saturated rings. The van der Waals surface area contributed by atoms with Crippen molar-refractivity contribution in [3.63, 3.8) is 0 Å². The van der Waals surface area contributed by atoms with Gasteiger partial charge in [-0.2, -0.15) is 0 Å². The number of ketones is 1. The molecule has 2 aliphatic rings. The van der Waals surface area contributed by atoms with Gasteiger partial charge in [0.25, 0.3) is 0 Å². The Morgan fingerprint density at radius 3 is 2.55 bits per heavy atom. The van der Waals surface area contributed by atoms with E-state index in [0.717, 1.165) is 5.57 Å². The van der Waals surface area contributed by atoms with E-state index in [9.17, 15) is 24.9 Å². The van der Waals surface area contributed by atoms with Gasteiger partial charge >= 0.3 is 5.97 Å². The summed E-state index contributed by atoms with van der Waals surface area (Å²) in [4.78, 5) is 22.8. The highest BCUT2D eigenvalue weighted by molar-refractivity contribution is 5.92. The van der Waals surface area contributed by atoms with Gasteiger partial charge in [0.1, 0.15) is 31.0 Å². The number of hydrogen-bond donors (Lipinski definition) is 3. The summed E-state index contributed by atoms with van der Waals surface area (Å²) < 4.78 is 16.1. The number of aliphatic hydroxyl groups excluding tert-OH is 3. The fourth-order valence-electron chi connectivity index (χ4n) is 3.87. The molecule has 3 N–H and O–H groups in total. The first-order valence-electron chi connectivity index (χ1n) is 9.80. The highest BCUT2D eigenvalue weighted by Crippen LogP contribution is 2.40. The molecule has 2 rings (SSSR count). The molecule has 8 nitrogen and oxygen atoms in total. The van der Waals surface area contributed by atoms with Crippen molar-refractivity contribution in [3.05, 3.63) is 23.8 Å². The Morgan fingerprint density at radius 2 is 1.97 bits per heavy atom. The number of carbonyl (C=O) groups is 2. The molecule has 0 aromatic carbocycles. The monoisotopic (exact) mass is 412 g/mol. The van der Waals surface area contributed by atoms with Crippen molar-refractivity contribution >= 4 is 11.8 Å². The van der Waals surface area contributed by atoms with Gasteiger partial charge in [-0.05, 0) is 25.3 Å². The Bertz CT molecular complexity index is 668. The molecule has 0 saturated carbocycles. The van der Waals surface area contributed by atoms with E-state index < -0.39 is 42.8 Å². The van der Waals surface area contributed by atoms with Crippen molar-refractivity contribution in [2.75, 3.05) is 6.61 Å². The second kappa shape index (κ2) is 9.49. The van der Waals surface area contributed by atoms with E-state index in [1.165, 1.54) is 6.92 Å². The van der Waals surface area contributed by atoms with Crippen LogP contribution in [-0.2, 0) is 23.8 Å². The van der Waals surface area contributed by atoms with Crippen LogP contribution in [-0.4, -0.2) is 70.5 Å². The SMILES string of the molecule is CC(=O)OC[C@H]1OC(O[C@H](C)/C=C/[C@H]2C(C)=CC(=O)CC2(C)C)[C@H](O)[C@@H](O)[C@@H]1O. The van der Waals surface area contributed by atoms with Gasteiger partial charge in [-0.25, -0.2) is 0 Å². The second-order valence-electron chi connectivity index (χ2n) is 8.54. The Hall–Kier alpha value is -1.58. The Kier molecular flexibility index (Phi) is 7.75. The molecule has 1 aliphatic heterocycles. The molecule has 7 atom stereocenters. The zero-order valence-corrected chi connectivity index (χ0v) is 17.6. The molecule has 1 saturated heterocycles. The summed E-state index contributed by atoms with van der Waals surface area (Å²) in [6.45, 7) is 8.70. The van der Waals surface area contributed by atoms with Crippen LogP contribution in [0.1, 0.15) is 41.0 Å². The van der Waals surface area contributed by atoms with Crippen molar-refractivity contribution in [1.82, 2.24) is 0 Å². The van der Waals surface area contributed by atoms with Gasteiger partial charge in [0, 0.05) is 19.3 Å². The molecule has 0 bridgehead atoms. The number of carbonyl (C=O) groups excluding carboxylic acids is 2. The maximum atomic E-state index is 11.8. The van der Waals surface area contributed by atoms with Crippen molar-refractivity contribution < 1.29 is 39.1 Å². The predicted octanol–water partition coefficient (Wildman–Crippen LogP) is 0.880. The largest absolute Gasteiger partial charge is 0.463 e. The molecule has 0 radical (unpaired) electrons. The van der Waals surface area contributed by atoms with Crippen LogP contribution in [0.3, 0.4) is 0 Å². The maximum Gasteiger partial charge on any atom is 0.302 e. The van der Waals surface area contributed by atoms with E-state index in [-0.39, 0.29) is 23.7 Å². The molecule has 164 valence electrons. The van der Waals surface area contributed by atoms with E-state index in [1.807, 2.05) is 32.9 Å². The number of allylic oxidation sites excluding steroid dienone is 3. The van der Waals surface area contributed by atoms with Crippen LogP contribution in [0.15, 0.2) is 23.8 Å². The number of hydrogen-bond acceptors (Lipinski definition) is 8. The van der Waals surface area contributed by atoms with Crippen molar-refractivity contribution in [2.24, 2.45) is 11.3 Å². The first-order valence-corrected chi connectivity index (χ1v) is 9.80. The van der Waals surface area contributed by atoms with Gasteiger partial charge in [0.05, 0.1) is 6.10 Å². The van der Waals surface area contributed by atoms with Gasteiger partial charge in [-0.3, -0.25) is 9.59 Å². The average molecular weight is 412 g/mol. The topological polar surface area (TPSA) is 123 Å². The summed E-state index contributed by atoms with van der Waals surface area (Å²) in [5, 5.41) is 30.3. The van der Waals surface area contributed by atoms with E-state index in [2.05, 4.69) is 0 Å². The summed E-state index contributed by atoms with van der Waals surface area (Å²) in [5.74, 6) is -0.369. The van der Waals surface area contributed by atoms with Gasteiger partial charge in [0.15, 0.2) is 12.1 Å². The van der Waals surface area contributed by atoms with Gasteiger partial charge in [-0.1, -0.05) is 31.6 Å². The molecule has 1 aliphatic carbocycles. The molecule has 1 heterocycles. The van der Waals surface area contributed by atoms with E-state index in [4.69, 9.17) is 14.2 Å². The van der Waals surface area contributed by atoms with Gasteiger partial charge in [-0.15, -0.1) is 0 Å². The van der Waals surface area contributed by atoms with Crippen molar-refractivity contribution in [3.8, 4) is 0 Å². The van der Waals surface area contributed by atoms with Crippen LogP contribution in [0.2, 0.25) is 0 Å². The van der Waals surface area contributed by atoms with Crippen LogP contribution in [0.25, 0.3) is 0 Å². The summed E-state index contributed by atoms with van der Waals surface area (Å²) in [6.07, 6.45) is -1.17. The summed E-state index contributed by atoms with van der Waals surface area (Å²) in [5.41, 5.74) is 0.756. The third-order valence-corrected chi connectivity index (χ3v) is 5.39. The summed E-state index contributed by atoms with van der Waals surface area (Å²) in [6, 6.07) is 0. The second-order valence-corrected chi connectivity index (χ2v) is 8.54. The summed E-state index contributed by atoms with van der Waals surface area (Å²) in [7, 11) is 0. The molecule has 0 spiro atoms. The lowest BCUT2D eigenvalue weighted by Crippen LogP contribution is -2.59. The zero-order valence-electron chi connectivity index (χ0n) is 17.6. The van der Waals surface area contributed by atoms with E-state index in [0.29, 0.717) is 6.42 Å². The molecule has 8 heteroatoms. The van der Waals surface area contributed by atoms with E-state index >= 15 is 0 Å². The number of ether oxygens (including phenoxy) is 3. The smallest absolute Gasteiger partial charge is 0.302 e. The highest BCUT2D eigenvalue weighted by Gasteiger charge is 2.45. The van der Waals surface area contributed by atoms with Crippen LogP contribution >= 0.6 is 0 Å². The summed E-state index contributed by atoms with van der Waals surface area (Å²) >= 11 is 0. The standard InChI is InChI=1S/C21H32O8/c1-11-8-14(23)9-21(4,5)15(11)7-6-12(2)28-20-19(26)18(25)17(24)16(29-20)10-27-13(3)22/h6-8,12,15-20,24-26H,9-10H2,1-5H3/b7-6+/t12-,15+,16-,17-,18+,19-,20?/m1/s1. The lowest BCUT2D eigenvalue weighted by Gasteiger charge is -2.40. The average Bonchev–Trinajstić information content (AvgIpc) is 2.59. The number of aliphatic hydroxyl groups is 3. The number of esters is 1. The normalized spacial score (nSPS) is 36.0. The Morgan fingerprint density at radius 1 is 1.31 bits per heavy atom. The lowest BCUT2D eigenvalue weighted by molar-refractivity contribution is -0.306. The van der Waals surface area contributed by atoms with Crippen LogP contribution in [0.5, 0.6) is 0 Å². The quantitative estimate of drug-likeness (QED) is 0.434. The lowest BCUT2D eigenvalue weighted by atomic mass is 9.68. The maximum absolute atomic E-state index is 11.8. The molecule has 0 aromatic heterocycles. The van der Waals surface area contributed by atoms with Crippen molar-refractivity contribution in [1.29, 1.82) is 0 Å². The molecule has 0 aromatic rings. The predicted molar refractivity (Wildman–Crippen MR) is 104 cm³/mol. The minimum Gasteiger partial charge on any atom is -0.463 e. The zero-order chi connectivity index (χ0) is 21.9. The fraction of sp³-hybridized carbons (Fsp3) is 0.714. The third kappa shape index (κ3) is 5.96. The van der Waals surface area contributed by atoms with Crippen LogP contribution in [0.4, 0.5) is 0 Å². The third-order valence-electron chi connectivity index (χ3n) is 5.39. The molecule has 29 heavy (non-hydrogen) atoms. The Labute approximate surface area is 171 Å². The minimum atomic E-state index is -1.50. The highest BCUT2D eigenvalue weighted by atomic mass is 16.7. The minimum absolute atomic E-state index is 0.0626. The first kappa shape index (κ1) is 23.7. The Balaban J connectivity index is 2.03. The van der Waals surface area contributed by atoms with Crippen molar-refractivity contribution in [2.45, 2.75) is 77.8 Å². The van der Waals surface area contributed by atoms with E-state index in [1.54, 1.807) is 13.0 Å². The van der Waals surface area contributed by atoms with Gasteiger partial charge in [0.2, 0.25) is 0 Å². The molecular weight excluding hydrogens is 380 g/mol. The molecule has 0 amide bonds. The first-order chi connectivity index (χ1) is 13.4. The van der Waals surface area contributed by atoms with Crippen LogP contribution in [0, 0.1) is 11.3 Å².